The van der Waals surface area contributed by atoms with Crippen molar-refractivity contribution in [2.75, 3.05) is 14.2 Å². The molecule has 1 N–H and O–H groups in total. The molecule has 0 bridgehead atoms. The van der Waals surface area contributed by atoms with Crippen molar-refractivity contribution in [3.63, 3.8) is 0 Å². The Morgan fingerprint density at radius 3 is 2.37 bits per heavy atom. The third kappa shape index (κ3) is 2.60. The number of ether oxygens (including phenoxy) is 2. The average Bonchev–Trinajstić information content (AvgIpc) is 2.85. The van der Waals surface area contributed by atoms with E-state index in [1.807, 2.05) is 37.3 Å². The number of benzene rings is 1. The summed E-state index contributed by atoms with van der Waals surface area (Å²) in [6, 6.07) is 9.38. The predicted octanol–water partition coefficient (Wildman–Crippen LogP) is 3.33. The van der Waals surface area contributed by atoms with Crippen LogP contribution in [0.2, 0.25) is 0 Å². The fraction of sp³-hybridized carbons (Fsp3) is 0.333. The molecule has 2 rings (SSSR count). The maximum absolute atomic E-state index is 10.9. The first-order chi connectivity index (χ1) is 8.98. The fourth-order valence-corrected chi connectivity index (χ4v) is 2.95. The standard InChI is InChI=1S/C15H18O3S/c1-10-5-8-14(19-10)15(2,16)12-9-11(17-3)6-7-13(12)18-4/h5-9,16H,1-4H3. The van der Waals surface area contributed by atoms with Crippen molar-refractivity contribution in [1.29, 1.82) is 0 Å². The Labute approximate surface area is 117 Å². The molecule has 0 saturated carbocycles. The van der Waals surface area contributed by atoms with E-state index in [-0.39, 0.29) is 0 Å². The zero-order valence-corrected chi connectivity index (χ0v) is 12.4. The molecule has 0 aliphatic rings. The summed E-state index contributed by atoms with van der Waals surface area (Å²) < 4.78 is 10.6. The largest absolute Gasteiger partial charge is 0.497 e. The predicted molar refractivity (Wildman–Crippen MR) is 77.3 cm³/mol. The minimum atomic E-state index is -1.10. The molecule has 0 amide bonds. The second kappa shape index (κ2) is 5.23. The summed E-state index contributed by atoms with van der Waals surface area (Å²) in [4.78, 5) is 2.05. The van der Waals surface area contributed by atoms with Gasteiger partial charge in [-0.25, -0.2) is 0 Å². The van der Waals surface area contributed by atoms with Crippen molar-refractivity contribution in [3.8, 4) is 11.5 Å². The fourth-order valence-electron chi connectivity index (χ4n) is 2.02. The minimum Gasteiger partial charge on any atom is -0.497 e. The van der Waals surface area contributed by atoms with E-state index in [1.165, 1.54) is 0 Å². The summed E-state index contributed by atoms with van der Waals surface area (Å²) in [5, 5.41) is 10.9. The van der Waals surface area contributed by atoms with Crippen LogP contribution in [0.25, 0.3) is 0 Å². The number of aryl methyl sites for hydroxylation is 1. The zero-order chi connectivity index (χ0) is 14.0. The second-order valence-electron chi connectivity index (χ2n) is 4.55. The zero-order valence-electron chi connectivity index (χ0n) is 11.6. The second-order valence-corrected chi connectivity index (χ2v) is 5.84. The molecule has 3 nitrogen and oxygen atoms in total. The lowest BCUT2D eigenvalue weighted by Gasteiger charge is -2.25. The molecule has 19 heavy (non-hydrogen) atoms. The highest BCUT2D eigenvalue weighted by molar-refractivity contribution is 7.12. The molecule has 0 aliphatic carbocycles. The molecule has 4 heteroatoms. The van der Waals surface area contributed by atoms with E-state index in [4.69, 9.17) is 9.47 Å². The number of thiophene rings is 1. The van der Waals surface area contributed by atoms with Gasteiger partial charge in [0.1, 0.15) is 17.1 Å². The van der Waals surface area contributed by atoms with Crippen LogP contribution in [0.4, 0.5) is 0 Å². The quantitative estimate of drug-likeness (QED) is 0.932. The van der Waals surface area contributed by atoms with Gasteiger partial charge in [-0.15, -0.1) is 11.3 Å². The van der Waals surface area contributed by atoms with E-state index in [0.717, 1.165) is 9.75 Å². The summed E-state index contributed by atoms with van der Waals surface area (Å²) in [5.41, 5.74) is -0.394. The molecule has 102 valence electrons. The van der Waals surface area contributed by atoms with Crippen molar-refractivity contribution < 1.29 is 14.6 Å². The molecule has 1 aromatic carbocycles. The lowest BCUT2D eigenvalue weighted by atomic mass is 9.93. The number of methoxy groups -OCH3 is 2. The lowest BCUT2D eigenvalue weighted by Crippen LogP contribution is -2.22. The minimum absolute atomic E-state index is 0.650. The van der Waals surface area contributed by atoms with Gasteiger partial charge in [-0.05, 0) is 44.2 Å². The van der Waals surface area contributed by atoms with Crippen LogP contribution in [0.15, 0.2) is 30.3 Å². The van der Waals surface area contributed by atoms with Crippen molar-refractivity contribution >= 4 is 11.3 Å². The first-order valence-corrected chi connectivity index (χ1v) is 6.82. The van der Waals surface area contributed by atoms with Gasteiger partial charge in [0, 0.05) is 15.3 Å². The van der Waals surface area contributed by atoms with Crippen molar-refractivity contribution in [2.24, 2.45) is 0 Å². The van der Waals surface area contributed by atoms with Crippen LogP contribution in [0.3, 0.4) is 0 Å². The van der Waals surface area contributed by atoms with E-state index in [0.29, 0.717) is 17.1 Å². The Bertz CT molecular complexity index is 573. The lowest BCUT2D eigenvalue weighted by molar-refractivity contribution is 0.103. The number of aliphatic hydroxyl groups is 1. The Morgan fingerprint density at radius 1 is 1.11 bits per heavy atom. The molecule has 0 spiro atoms. The molecule has 0 radical (unpaired) electrons. The van der Waals surface area contributed by atoms with E-state index < -0.39 is 5.60 Å². The molecular formula is C15H18O3S. The van der Waals surface area contributed by atoms with E-state index in [1.54, 1.807) is 32.5 Å². The van der Waals surface area contributed by atoms with Gasteiger partial charge in [-0.2, -0.15) is 0 Å². The molecule has 1 unspecified atom stereocenters. The molecule has 1 atom stereocenters. The van der Waals surface area contributed by atoms with Crippen molar-refractivity contribution in [2.45, 2.75) is 19.4 Å². The van der Waals surface area contributed by atoms with Crippen LogP contribution in [-0.2, 0) is 5.60 Å². The number of hydrogen-bond donors (Lipinski definition) is 1. The first kappa shape index (κ1) is 13.9. The monoisotopic (exact) mass is 278 g/mol. The van der Waals surface area contributed by atoms with Gasteiger partial charge in [0.05, 0.1) is 14.2 Å². The van der Waals surface area contributed by atoms with Gasteiger partial charge in [0.15, 0.2) is 0 Å². The summed E-state index contributed by atoms with van der Waals surface area (Å²) >= 11 is 1.58. The van der Waals surface area contributed by atoms with Gasteiger partial charge in [-0.1, -0.05) is 0 Å². The summed E-state index contributed by atoms with van der Waals surface area (Å²) in [6.07, 6.45) is 0. The first-order valence-electron chi connectivity index (χ1n) is 6.01. The maximum atomic E-state index is 10.9. The molecule has 0 fully saturated rings. The Morgan fingerprint density at radius 2 is 1.84 bits per heavy atom. The van der Waals surface area contributed by atoms with E-state index in [9.17, 15) is 5.11 Å². The van der Waals surface area contributed by atoms with Crippen LogP contribution < -0.4 is 9.47 Å². The van der Waals surface area contributed by atoms with Gasteiger partial charge >= 0.3 is 0 Å². The SMILES string of the molecule is COc1ccc(OC)c(C(C)(O)c2ccc(C)s2)c1. The topological polar surface area (TPSA) is 38.7 Å². The average molecular weight is 278 g/mol. The maximum Gasteiger partial charge on any atom is 0.125 e. The molecular weight excluding hydrogens is 260 g/mol. The third-order valence-corrected chi connectivity index (χ3v) is 4.36. The molecule has 1 aromatic heterocycles. The normalized spacial score (nSPS) is 13.9. The van der Waals surface area contributed by atoms with Gasteiger partial charge in [-0.3, -0.25) is 0 Å². The highest BCUT2D eigenvalue weighted by atomic mass is 32.1. The number of hydrogen-bond acceptors (Lipinski definition) is 4. The van der Waals surface area contributed by atoms with Gasteiger partial charge in [0.2, 0.25) is 0 Å². The Kier molecular flexibility index (Phi) is 3.83. The molecule has 1 heterocycles. The smallest absolute Gasteiger partial charge is 0.125 e. The Balaban J connectivity index is 2.55. The van der Waals surface area contributed by atoms with Crippen molar-refractivity contribution in [3.05, 3.63) is 45.6 Å². The summed E-state index contributed by atoms with van der Waals surface area (Å²) in [6.45, 7) is 3.79. The van der Waals surface area contributed by atoms with E-state index >= 15 is 0 Å². The summed E-state index contributed by atoms with van der Waals surface area (Å²) in [7, 11) is 3.21. The van der Waals surface area contributed by atoms with E-state index in [2.05, 4.69) is 0 Å². The number of rotatable bonds is 4. The molecule has 0 saturated heterocycles. The summed E-state index contributed by atoms with van der Waals surface area (Å²) in [5.74, 6) is 1.35. The molecule has 0 aliphatic heterocycles. The van der Waals surface area contributed by atoms with Gasteiger partial charge < -0.3 is 14.6 Å². The van der Waals surface area contributed by atoms with Crippen LogP contribution in [-0.4, -0.2) is 19.3 Å². The van der Waals surface area contributed by atoms with Crippen molar-refractivity contribution in [1.82, 2.24) is 0 Å². The third-order valence-electron chi connectivity index (χ3n) is 3.15. The highest BCUT2D eigenvalue weighted by Gasteiger charge is 2.31. The van der Waals surface area contributed by atoms with Crippen LogP contribution in [0.1, 0.15) is 22.2 Å². The Hall–Kier alpha value is -1.52. The van der Waals surface area contributed by atoms with Crippen LogP contribution >= 0.6 is 11.3 Å². The van der Waals surface area contributed by atoms with Gasteiger partial charge in [0.25, 0.3) is 0 Å². The molecule has 2 aromatic rings. The van der Waals surface area contributed by atoms with Crippen LogP contribution in [0.5, 0.6) is 11.5 Å². The van der Waals surface area contributed by atoms with Crippen LogP contribution in [0, 0.1) is 6.92 Å². The highest BCUT2D eigenvalue weighted by Crippen LogP contribution is 2.40.